The van der Waals surface area contributed by atoms with Crippen molar-refractivity contribution in [3.05, 3.63) is 52.6 Å². The Labute approximate surface area is 197 Å². The smallest absolute Gasteiger partial charge is 0.262 e. The number of ether oxygens (including phenoxy) is 1. The molecule has 1 aliphatic rings. The highest BCUT2D eigenvalue weighted by atomic mass is 19.1. The number of amides is 1. The lowest BCUT2D eigenvalue weighted by molar-refractivity contribution is -0.122. The molecule has 1 unspecified atom stereocenters. The molecule has 34 heavy (non-hydrogen) atoms. The molecule has 1 saturated heterocycles. The Balaban J connectivity index is 1.86. The van der Waals surface area contributed by atoms with Gasteiger partial charge in [0.2, 0.25) is 5.91 Å². The molecule has 8 nitrogen and oxygen atoms in total. The number of halogens is 1. The number of hydrogen-bond acceptors (Lipinski definition) is 6. The van der Waals surface area contributed by atoms with Crippen LogP contribution >= 0.6 is 0 Å². The van der Waals surface area contributed by atoms with Crippen LogP contribution in [0.4, 0.5) is 10.1 Å². The monoisotopic (exact) mass is 467 g/mol. The maximum Gasteiger partial charge on any atom is 0.262 e. The molecule has 9 heteroatoms. The zero-order valence-electron chi connectivity index (χ0n) is 19.9. The molecule has 2 N–H and O–H groups in total. The van der Waals surface area contributed by atoms with Gasteiger partial charge >= 0.3 is 0 Å². The lowest BCUT2D eigenvalue weighted by atomic mass is 10.1. The fourth-order valence-electron chi connectivity index (χ4n) is 4.25. The summed E-state index contributed by atoms with van der Waals surface area (Å²) in [5.41, 5.74) is 1.60. The van der Waals surface area contributed by atoms with Crippen LogP contribution in [0.3, 0.4) is 0 Å². The summed E-state index contributed by atoms with van der Waals surface area (Å²) >= 11 is 0. The first-order chi connectivity index (χ1) is 16.3. The van der Waals surface area contributed by atoms with Crippen LogP contribution in [-0.4, -0.2) is 54.3 Å². The second kappa shape index (κ2) is 9.80. The number of benzene rings is 2. The molecule has 2 aromatic carbocycles. The number of nitrogens with zero attached hydrogens (tertiary/aromatic N) is 3. The van der Waals surface area contributed by atoms with Crippen molar-refractivity contribution >= 4 is 22.5 Å². The second-order valence-electron chi connectivity index (χ2n) is 8.90. The van der Waals surface area contributed by atoms with Gasteiger partial charge in [0.25, 0.3) is 5.56 Å². The summed E-state index contributed by atoms with van der Waals surface area (Å²) in [7, 11) is 1.37. The largest absolute Gasteiger partial charge is 0.494 e. The summed E-state index contributed by atoms with van der Waals surface area (Å²) in [6.45, 7) is 8.15. The molecule has 1 aliphatic heterocycles. The lowest BCUT2D eigenvalue weighted by Crippen LogP contribution is -2.49. The van der Waals surface area contributed by atoms with Crippen molar-refractivity contribution in [1.82, 2.24) is 20.2 Å². The normalized spacial score (nSPS) is 16.2. The minimum atomic E-state index is -0.520. The molecule has 2 heterocycles. The Kier molecular flexibility index (Phi) is 6.83. The highest BCUT2D eigenvalue weighted by molar-refractivity contribution is 5.85. The highest BCUT2D eigenvalue weighted by Gasteiger charge is 2.20. The van der Waals surface area contributed by atoms with Gasteiger partial charge in [0.1, 0.15) is 12.4 Å². The van der Waals surface area contributed by atoms with E-state index >= 15 is 0 Å². The molecule has 1 atom stereocenters. The van der Waals surface area contributed by atoms with E-state index in [9.17, 15) is 14.0 Å². The minimum absolute atomic E-state index is 0.0354. The first-order valence-electron chi connectivity index (χ1n) is 11.4. The fraction of sp³-hybridized carbons (Fsp3) is 0.400. The number of piperazine rings is 1. The molecule has 180 valence electrons. The summed E-state index contributed by atoms with van der Waals surface area (Å²) < 4.78 is 20.5. The van der Waals surface area contributed by atoms with Crippen molar-refractivity contribution in [2.75, 3.05) is 31.6 Å². The van der Waals surface area contributed by atoms with E-state index in [0.717, 1.165) is 25.3 Å². The van der Waals surface area contributed by atoms with Gasteiger partial charge in [0, 0.05) is 43.0 Å². The summed E-state index contributed by atoms with van der Waals surface area (Å²) in [6, 6.07) is 10.2. The predicted octanol–water partition coefficient (Wildman–Crippen LogP) is 2.53. The third-order valence-corrected chi connectivity index (χ3v) is 5.83. The Morgan fingerprint density at radius 1 is 1.29 bits per heavy atom. The number of rotatable bonds is 6. The second-order valence-corrected chi connectivity index (χ2v) is 8.90. The third kappa shape index (κ3) is 4.89. The molecule has 1 aromatic heterocycles. The van der Waals surface area contributed by atoms with Gasteiger partial charge < -0.3 is 20.3 Å². The number of carbonyl (C=O) groups excluding carboxylic acids is 1. The van der Waals surface area contributed by atoms with Gasteiger partial charge in [-0.2, -0.15) is 0 Å². The van der Waals surface area contributed by atoms with Crippen LogP contribution < -0.4 is 25.8 Å². The fourth-order valence-corrected chi connectivity index (χ4v) is 4.25. The van der Waals surface area contributed by atoms with Crippen molar-refractivity contribution in [2.24, 2.45) is 0 Å². The van der Waals surface area contributed by atoms with Gasteiger partial charge in [0.15, 0.2) is 11.6 Å². The number of anilines is 1. The van der Waals surface area contributed by atoms with Crippen molar-refractivity contribution < 1.29 is 13.9 Å². The molecule has 4 rings (SSSR count). The van der Waals surface area contributed by atoms with E-state index in [1.54, 1.807) is 0 Å². The molecular formula is C25H30FN5O3. The Bertz CT molecular complexity index is 1270. The van der Waals surface area contributed by atoms with Gasteiger partial charge in [0.05, 0.1) is 18.0 Å². The van der Waals surface area contributed by atoms with E-state index in [4.69, 9.17) is 9.72 Å². The SMILES string of the molecule is COc1cc(-c2nc3ccc(N4CCNC(C)C4)cc3c(=O)n2CC(=O)NC(C)C)ccc1F. The Hall–Kier alpha value is -3.46. The zero-order valence-corrected chi connectivity index (χ0v) is 19.9. The van der Waals surface area contributed by atoms with Crippen molar-refractivity contribution in [3.8, 4) is 17.1 Å². The molecule has 0 aliphatic carbocycles. The van der Waals surface area contributed by atoms with Crippen LogP contribution in [0.1, 0.15) is 20.8 Å². The van der Waals surface area contributed by atoms with E-state index in [0.29, 0.717) is 22.5 Å². The highest BCUT2D eigenvalue weighted by Crippen LogP contribution is 2.27. The first-order valence-corrected chi connectivity index (χ1v) is 11.4. The maximum atomic E-state index is 14.0. The number of methoxy groups -OCH3 is 1. The molecular weight excluding hydrogens is 437 g/mol. The van der Waals surface area contributed by atoms with E-state index in [1.165, 1.54) is 29.9 Å². The van der Waals surface area contributed by atoms with Crippen LogP contribution in [-0.2, 0) is 11.3 Å². The lowest BCUT2D eigenvalue weighted by Gasteiger charge is -2.33. The van der Waals surface area contributed by atoms with Crippen LogP contribution in [0.2, 0.25) is 0 Å². The predicted molar refractivity (Wildman–Crippen MR) is 131 cm³/mol. The molecule has 1 amide bonds. The standard InChI is InChI=1S/C25H30FN5O3/c1-15(2)28-23(32)14-31-24(17-5-7-20(26)22(11-17)34-4)29-21-8-6-18(12-19(21)25(31)33)30-10-9-27-16(3)13-30/h5-8,11-12,15-16,27H,9-10,13-14H2,1-4H3,(H,28,32). The number of hydrogen-bond donors (Lipinski definition) is 2. The molecule has 0 radical (unpaired) electrons. The van der Waals surface area contributed by atoms with Gasteiger partial charge in [-0.05, 0) is 57.2 Å². The molecule has 0 saturated carbocycles. The molecule has 0 bridgehead atoms. The zero-order chi connectivity index (χ0) is 24.4. The summed E-state index contributed by atoms with van der Waals surface area (Å²) in [5.74, 6) is -0.513. The summed E-state index contributed by atoms with van der Waals surface area (Å²) in [5, 5.41) is 6.66. The van der Waals surface area contributed by atoms with Gasteiger partial charge in [-0.1, -0.05) is 0 Å². The quantitative estimate of drug-likeness (QED) is 0.579. The van der Waals surface area contributed by atoms with E-state index in [1.807, 2.05) is 32.0 Å². The van der Waals surface area contributed by atoms with Crippen LogP contribution in [0.5, 0.6) is 5.75 Å². The maximum absolute atomic E-state index is 14.0. The van der Waals surface area contributed by atoms with E-state index < -0.39 is 5.82 Å². The number of nitrogens with one attached hydrogen (secondary N) is 2. The molecule has 0 spiro atoms. The van der Waals surface area contributed by atoms with Gasteiger partial charge in [-0.15, -0.1) is 0 Å². The number of carbonyl (C=O) groups is 1. The average molecular weight is 468 g/mol. The van der Waals surface area contributed by atoms with Crippen molar-refractivity contribution in [1.29, 1.82) is 0 Å². The van der Waals surface area contributed by atoms with Gasteiger partial charge in [-0.25, -0.2) is 9.37 Å². The third-order valence-electron chi connectivity index (χ3n) is 5.83. The average Bonchev–Trinajstić information content (AvgIpc) is 2.80. The van der Waals surface area contributed by atoms with Gasteiger partial charge in [-0.3, -0.25) is 14.2 Å². The topological polar surface area (TPSA) is 88.5 Å². The Morgan fingerprint density at radius 2 is 2.09 bits per heavy atom. The first kappa shape index (κ1) is 23.7. The van der Waals surface area contributed by atoms with Crippen molar-refractivity contribution in [2.45, 2.75) is 39.4 Å². The van der Waals surface area contributed by atoms with E-state index in [2.05, 4.69) is 22.5 Å². The minimum Gasteiger partial charge on any atom is -0.494 e. The van der Waals surface area contributed by atoms with Crippen LogP contribution in [0.15, 0.2) is 41.2 Å². The molecule has 3 aromatic rings. The van der Waals surface area contributed by atoms with Crippen LogP contribution in [0, 0.1) is 5.82 Å². The van der Waals surface area contributed by atoms with Crippen LogP contribution in [0.25, 0.3) is 22.3 Å². The summed E-state index contributed by atoms with van der Waals surface area (Å²) in [6.07, 6.45) is 0. The van der Waals surface area contributed by atoms with E-state index in [-0.39, 0.29) is 35.6 Å². The van der Waals surface area contributed by atoms with Crippen molar-refractivity contribution in [3.63, 3.8) is 0 Å². The summed E-state index contributed by atoms with van der Waals surface area (Å²) in [4.78, 5) is 33.2. The Morgan fingerprint density at radius 3 is 2.79 bits per heavy atom. The number of aromatic nitrogens is 2. The number of fused-ring (bicyclic) bond motifs is 1. The molecule has 1 fully saturated rings.